The van der Waals surface area contributed by atoms with E-state index in [-0.39, 0.29) is 17.0 Å². The van der Waals surface area contributed by atoms with Gasteiger partial charge in [-0.05, 0) is 127 Å². The first-order valence-electron chi connectivity index (χ1n) is 17.2. The Kier molecular flexibility index (Phi) is 11.5. The standard InChI is InChI=1S/C43H54O6/c1-11-37(44)41(7,8)46-29-27-39(3,4)48-34-21-17-32(18-22-34)43(26-25-31-15-13-14-16-36(31)43)33-19-23-35(24-20-33)49-40(5,6)28-30-47-42(9,10)38(45)12-2/h11-24H,1-2,25-30H2,3-10H3. The summed E-state index contributed by atoms with van der Waals surface area (Å²) in [7, 11) is 0. The van der Waals surface area contributed by atoms with Gasteiger partial charge < -0.3 is 18.9 Å². The molecule has 3 aromatic carbocycles. The molecule has 0 fully saturated rings. The fraction of sp³-hybridized carbons (Fsp3) is 0.442. The molecule has 1 aliphatic rings. The van der Waals surface area contributed by atoms with Crippen LogP contribution in [0.4, 0.5) is 0 Å². The van der Waals surface area contributed by atoms with Crippen LogP contribution in [0, 0.1) is 0 Å². The van der Waals surface area contributed by atoms with Crippen molar-refractivity contribution in [2.24, 2.45) is 0 Å². The lowest BCUT2D eigenvalue weighted by molar-refractivity contribution is -0.136. The van der Waals surface area contributed by atoms with Crippen LogP contribution in [0.25, 0.3) is 0 Å². The Morgan fingerprint density at radius 2 is 1.06 bits per heavy atom. The smallest absolute Gasteiger partial charge is 0.186 e. The molecule has 6 heteroatoms. The summed E-state index contributed by atoms with van der Waals surface area (Å²) in [4.78, 5) is 24.2. The van der Waals surface area contributed by atoms with Gasteiger partial charge in [-0.3, -0.25) is 9.59 Å². The van der Waals surface area contributed by atoms with E-state index in [2.05, 4.69) is 86.0 Å². The van der Waals surface area contributed by atoms with Crippen molar-refractivity contribution < 1.29 is 28.5 Å². The fourth-order valence-electron chi connectivity index (χ4n) is 6.47. The van der Waals surface area contributed by atoms with Gasteiger partial charge in [0, 0.05) is 18.3 Å². The molecule has 262 valence electrons. The number of hydrogen-bond donors (Lipinski definition) is 0. The summed E-state index contributed by atoms with van der Waals surface area (Å²) in [5.41, 5.74) is 1.97. The van der Waals surface area contributed by atoms with Gasteiger partial charge in [0.2, 0.25) is 0 Å². The van der Waals surface area contributed by atoms with E-state index in [9.17, 15) is 9.59 Å². The lowest BCUT2D eigenvalue weighted by Crippen LogP contribution is -2.37. The second kappa shape index (κ2) is 14.9. The Balaban J connectivity index is 1.50. The molecule has 0 aliphatic heterocycles. The Bertz CT molecular complexity index is 1530. The summed E-state index contributed by atoms with van der Waals surface area (Å²) in [6, 6.07) is 25.7. The number of rotatable bonds is 18. The Morgan fingerprint density at radius 3 is 1.47 bits per heavy atom. The SMILES string of the molecule is C=CC(=O)C(C)(C)OCCC(C)(C)Oc1ccc(C2(c3ccc(OC(C)(C)CCOC(C)(C)C(=O)C=C)cc3)CCc3ccccc32)cc1. The summed E-state index contributed by atoms with van der Waals surface area (Å²) in [6.07, 6.45) is 5.78. The fourth-order valence-corrected chi connectivity index (χ4v) is 6.47. The summed E-state index contributed by atoms with van der Waals surface area (Å²) < 4.78 is 24.6. The van der Waals surface area contributed by atoms with Gasteiger partial charge in [-0.15, -0.1) is 0 Å². The topological polar surface area (TPSA) is 71.1 Å². The van der Waals surface area contributed by atoms with Gasteiger partial charge in [0.1, 0.15) is 33.9 Å². The first-order chi connectivity index (χ1) is 22.9. The lowest BCUT2D eigenvalue weighted by Gasteiger charge is -2.33. The van der Waals surface area contributed by atoms with Gasteiger partial charge in [0.15, 0.2) is 11.6 Å². The van der Waals surface area contributed by atoms with Gasteiger partial charge >= 0.3 is 0 Å². The van der Waals surface area contributed by atoms with Crippen molar-refractivity contribution in [1.82, 2.24) is 0 Å². The highest BCUT2D eigenvalue weighted by atomic mass is 16.5. The molecule has 6 nitrogen and oxygen atoms in total. The quantitative estimate of drug-likeness (QED) is 0.126. The van der Waals surface area contributed by atoms with Crippen molar-refractivity contribution in [2.45, 2.75) is 109 Å². The maximum atomic E-state index is 12.1. The number of ether oxygens (including phenoxy) is 4. The average Bonchev–Trinajstić information content (AvgIpc) is 3.44. The van der Waals surface area contributed by atoms with E-state index in [0.717, 1.165) is 24.3 Å². The van der Waals surface area contributed by atoms with Crippen LogP contribution in [0.15, 0.2) is 98.1 Å². The molecule has 3 aromatic rings. The Hall–Kier alpha value is -4.00. The third kappa shape index (κ3) is 8.97. The van der Waals surface area contributed by atoms with Crippen LogP contribution < -0.4 is 9.47 Å². The molecule has 0 aromatic heterocycles. The van der Waals surface area contributed by atoms with Crippen molar-refractivity contribution in [3.8, 4) is 11.5 Å². The molecule has 0 N–H and O–H groups in total. The predicted molar refractivity (Wildman–Crippen MR) is 197 cm³/mol. The van der Waals surface area contributed by atoms with E-state index >= 15 is 0 Å². The first-order valence-corrected chi connectivity index (χ1v) is 17.2. The van der Waals surface area contributed by atoms with E-state index in [1.807, 2.05) is 27.7 Å². The molecule has 0 saturated heterocycles. The zero-order chi connectivity index (χ0) is 36.1. The van der Waals surface area contributed by atoms with Crippen molar-refractivity contribution in [3.05, 3.63) is 120 Å². The maximum absolute atomic E-state index is 12.1. The molecule has 0 bridgehead atoms. The molecule has 0 unspecified atom stereocenters. The minimum Gasteiger partial charge on any atom is -0.488 e. The molecule has 1 aliphatic carbocycles. The number of ketones is 2. The number of hydrogen-bond acceptors (Lipinski definition) is 6. The van der Waals surface area contributed by atoms with Crippen LogP contribution in [0.5, 0.6) is 11.5 Å². The maximum Gasteiger partial charge on any atom is 0.186 e. The zero-order valence-electron chi connectivity index (χ0n) is 30.7. The second-order valence-corrected chi connectivity index (χ2v) is 15.2. The van der Waals surface area contributed by atoms with Gasteiger partial charge in [0.05, 0.1) is 13.2 Å². The second-order valence-electron chi connectivity index (χ2n) is 15.2. The van der Waals surface area contributed by atoms with Crippen molar-refractivity contribution in [1.29, 1.82) is 0 Å². The van der Waals surface area contributed by atoms with Gasteiger partial charge in [-0.1, -0.05) is 61.7 Å². The molecule has 49 heavy (non-hydrogen) atoms. The van der Waals surface area contributed by atoms with Crippen LogP contribution >= 0.6 is 0 Å². The van der Waals surface area contributed by atoms with Crippen LogP contribution in [-0.4, -0.2) is 47.2 Å². The number of carbonyl (C=O) groups excluding carboxylic acids is 2. The summed E-state index contributed by atoms with van der Waals surface area (Å²) in [6.45, 7) is 23.1. The third-order valence-electron chi connectivity index (χ3n) is 9.62. The molecular weight excluding hydrogens is 612 g/mol. The molecular formula is C43H54O6. The highest BCUT2D eigenvalue weighted by Crippen LogP contribution is 2.49. The Morgan fingerprint density at radius 1 is 0.653 bits per heavy atom. The molecule has 0 spiro atoms. The van der Waals surface area contributed by atoms with Crippen molar-refractivity contribution >= 4 is 11.6 Å². The molecule has 0 saturated carbocycles. The van der Waals surface area contributed by atoms with E-state index < -0.39 is 22.4 Å². The summed E-state index contributed by atoms with van der Waals surface area (Å²) in [5.74, 6) is 1.28. The largest absolute Gasteiger partial charge is 0.488 e. The van der Waals surface area contributed by atoms with Crippen LogP contribution in [0.1, 0.15) is 96.9 Å². The van der Waals surface area contributed by atoms with Gasteiger partial charge in [-0.25, -0.2) is 0 Å². The first kappa shape index (κ1) is 37.8. The lowest BCUT2D eigenvalue weighted by atomic mass is 9.70. The van der Waals surface area contributed by atoms with E-state index in [4.69, 9.17) is 18.9 Å². The number of carbonyl (C=O) groups is 2. The van der Waals surface area contributed by atoms with Crippen molar-refractivity contribution in [2.75, 3.05) is 13.2 Å². The average molecular weight is 667 g/mol. The monoisotopic (exact) mass is 666 g/mol. The van der Waals surface area contributed by atoms with Gasteiger partial charge in [0.25, 0.3) is 0 Å². The minimum absolute atomic E-state index is 0.139. The molecule has 4 rings (SSSR count). The van der Waals surface area contributed by atoms with Crippen molar-refractivity contribution in [3.63, 3.8) is 0 Å². The highest BCUT2D eigenvalue weighted by molar-refractivity contribution is 5.96. The minimum atomic E-state index is -0.911. The molecule has 0 heterocycles. The number of fused-ring (bicyclic) bond motifs is 1. The highest BCUT2D eigenvalue weighted by Gasteiger charge is 2.42. The number of benzene rings is 3. The van der Waals surface area contributed by atoms with Crippen LogP contribution in [-0.2, 0) is 30.9 Å². The Labute approximate surface area is 293 Å². The van der Waals surface area contributed by atoms with Crippen LogP contribution in [0.3, 0.4) is 0 Å². The normalized spacial score (nSPS) is 14.5. The molecule has 0 amide bonds. The van der Waals surface area contributed by atoms with E-state index in [0.29, 0.717) is 26.1 Å². The van der Waals surface area contributed by atoms with E-state index in [1.54, 1.807) is 27.7 Å². The van der Waals surface area contributed by atoms with Crippen LogP contribution in [0.2, 0.25) is 0 Å². The summed E-state index contributed by atoms with van der Waals surface area (Å²) in [5, 5.41) is 0. The molecule has 0 atom stereocenters. The third-order valence-corrected chi connectivity index (χ3v) is 9.62. The molecule has 0 radical (unpaired) electrons. The summed E-state index contributed by atoms with van der Waals surface area (Å²) >= 11 is 0. The van der Waals surface area contributed by atoms with Gasteiger partial charge in [-0.2, -0.15) is 0 Å². The zero-order valence-corrected chi connectivity index (χ0v) is 30.7. The predicted octanol–water partition coefficient (Wildman–Crippen LogP) is 9.16. The van der Waals surface area contributed by atoms with E-state index in [1.165, 1.54) is 34.4 Å². The number of aryl methyl sites for hydroxylation is 1.